The number of nitrogens with one attached hydrogen (secondary N) is 1. The second-order valence-corrected chi connectivity index (χ2v) is 18.9. The topological polar surface area (TPSA) is 285 Å². The van der Waals surface area contributed by atoms with E-state index in [4.69, 9.17) is 28.4 Å². The molecule has 4 aliphatic rings. The van der Waals surface area contributed by atoms with Crippen molar-refractivity contribution in [3.05, 3.63) is 119 Å². The van der Waals surface area contributed by atoms with E-state index in [1.165, 1.54) is 64.1 Å². The van der Waals surface area contributed by atoms with Gasteiger partial charge in [-0.3, -0.25) is 24.0 Å². The number of aliphatic hydroxyl groups is 3. The van der Waals surface area contributed by atoms with Crippen molar-refractivity contribution in [3.8, 4) is 0 Å². The van der Waals surface area contributed by atoms with Crippen LogP contribution >= 0.6 is 0 Å². The van der Waals surface area contributed by atoms with Gasteiger partial charge >= 0.3 is 35.8 Å². The number of benzene rings is 3. The fourth-order valence-corrected chi connectivity index (χ4v) is 10.7. The molecule has 2 saturated carbocycles. The van der Waals surface area contributed by atoms with Crippen molar-refractivity contribution in [2.45, 2.75) is 121 Å². The first-order valence-electron chi connectivity index (χ1n) is 22.6. The van der Waals surface area contributed by atoms with Crippen LogP contribution in [0.1, 0.15) is 93.1 Å². The Morgan fingerprint density at radius 2 is 1.41 bits per heavy atom. The van der Waals surface area contributed by atoms with Crippen LogP contribution in [0.2, 0.25) is 0 Å². The highest BCUT2D eigenvalue weighted by Gasteiger charge is 2.78. The smallest absolute Gasteiger partial charge is 0.350 e. The van der Waals surface area contributed by atoms with E-state index in [9.17, 15) is 49.2 Å². The molecule has 3 fully saturated rings. The van der Waals surface area contributed by atoms with E-state index in [1.54, 1.807) is 54.6 Å². The highest BCUT2D eigenvalue weighted by Crippen LogP contribution is 2.64. The number of esters is 5. The van der Waals surface area contributed by atoms with E-state index in [2.05, 4.69) is 5.32 Å². The molecule has 1 saturated heterocycles. The fourth-order valence-electron chi connectivity index (χ4n) is 10.7. The lowest BCUT2D eigenvalue weighted by Gasteiger charge is -2.67. The van der Waals surface area contributed by atoms with Gasteiger partial charge in [-0.05, 0) is 54.8 Å². The van der Waals surface area contributed by atoms with E-state index in [0.29, 0.717) is 0 Å². The summed E-state index contributed by atoms with van der Waals surface area (Å²) in [5.74, 6) is -10.7. The van der Waals surface area contributed by atoms with Crippen molar-refractivity contribution < 1.29 is 87.2 Å². The maximum absolute atomic E-state index is 15.7. The van der Waals surface area contributed by atoms with Crippen LogP contribution in [0.25, 0.3) is 0 Å². The van der Waals surface area contributed by atoms with Gasteiger partial charge in [-0.25, -0.2) is 14.4 Å². The number of carboxylic acids is 1. The summed E-state index contributed by atoms with van der Waals surface area (Å²) >= 11 is 0. The maximum Gasteiger partial charge on any atom is 0.350 e. The lowest BCUT2D eigenvalue weighted by Crippen LogP contribution is -2.82. The molecule has 1 aliphatic heterocycles. The summed E-state index contributed by atoms with van der Waals surface area (Å²) in [6.45, 7) is 7.54. The molecule has 2 unspecified atom stereocenters. The third-order valence-electron chi connectivity index (χ3n) is 14.4. The summed E-state index contributed by atoms with van der Waals surface area (Å²) in [4.78, 5) is 110. The molecule has 70 heavy (non-hydrogen) atoms. The minimum atomic E-state index is -2.54. The number of ketones is 1. The predicted octanol–water partition coefficient (Wildman–Crippen LogP) is 3.12. The van der Waals surface area contributed by atoms with Crippen molar-refractivity contribution in [2.75, 3.05) is 6.61 Å². The van der Waals surface area contributed by atoms with Crippen molar-refractivity contribution in [2.24, 2.45) is 16.7 Å². The Balaban J connectivity index is 1.42. The number of hydrogen-bond acceptors (Lipinski definition) is 17. The third kappa shape index (κ3) is 9.09. The van der Waals surface area contributed by atoms with Crippen LogP contribution in [0.15, 0.2) is 102 Å². The van der Waals surface area contributed by atoms with Gasteiger partial charge in [-0.1, -0.05) is 80.6 Å². The number of amides is 1. The number of hydrogen-bond donors (Lipinski definition) is 5. The molecular formula is C51H55NO18. The van der Waals surface area contributed by atoms with E-state index in [1.807, 2.05) is 0 Å². The first-order chi connectivity index (χ1) is 33.0. The average molecular weight is 970 g/mol. The van der Waals surface area contributed by atoms with Gasteiger partial charge in [0.05, 0.1) is 36.0 Å². The van der Waals surface area contributed by atoms with Crippen LogP contribution in [-0.4, -0.2) is 128 Å². The van der Waals surface area contributed by atoms with Crippen molar-refractivity contribution in [3.63, 3.8) is 0 Å². The number of rotatable bonds is 14. The van der Waals surface area contributed by atoms with Gasteiger partial charge in [0.25, 0.3) is 5.91 Å². The highest BCUT2D eigenvalue weighted by molar-refractivity contribution is 5.96. The van der Waals surface area contributed by atoms with E-state index >= 15 is 9.59 Å². The Labute approximate surface area is 402 Å². The number of carboxylic acid groups (broad SMARTS) is 1. The van der Waals surface area contributed by atoms with Crippen LogP contribution < -0.4 is 5.32 Å². The van der Waals surface area contributed by atoms with Crippen LogP contribution in [0.4, 0.5) is 0 Å². The third-order valence-corrected chi connectivity index (χ3v) is 14.4. The van der Waals surface area contributed by atoms with Crippen LogP contribution in [0, 0.1) is 16.7 Å². The molecule has 19 nitrogen and oxygen atoms in total. The summed E-state index contributed by atoms with van der Waals surface area (Å²) in [5, 5.41) is 48.3. The monoisotopic (exact) mass is 969 g/mol. The minimum absolute atomic E-state index is 0.00370. The van der Waals surface area contributed by atoms with Gasteiger partial charge in [0.15, 0.2) is 23.6 Å². The Morgan fingerprint density at radius 1 is 0.829 bits per heavy atom. The number of aliphatic hydroxyl groups excluding tert-OH is 2. The van der Waals surface area contributed by atoms with Gasteiger partial charge in [-0.2, -0.15) is 0 Å². The molecule has 1 heterocycles. The van der Waals surface area contributed by atoms with Gasteiger partial charge < -0.3 is 54.2 Å². The van der Waals surface area contributed by atoms with Gasteiger partial charge in [0.1, 0.15) is 30.0 Å². The molecular weight excluding hydrogens is 915 g/mol. The number of Topliss-reactive ketones (excluding diaryl/α,β-unsaturated/α-hetero) is 1. The molecule has 1 amide bonds. The lowest BCUT2D eigenvalue weighted by molar-refractivity contribution is -0.346. The van der Waals surface area contributed by atoms with E-state index in [0.717, 1.165) is 13.8 Å². The standard InChI is InChI=1S/C51H55NO18/c1-26-33(67-47(63)40(68-36(57)22-32(55)45(60)61)38(29-16-10-7-11-17-29)52-44(59)30-18-12-8-13-19-30)24-51(64)43(69-46(62)31-20-14-9-15-21-31)41-49(6,34(56)23-35-50(41,25-65-35)70-28(3)54)42(58)39(66-27(2)53)37(26)48(51,4)5/h7-21,32-35,38-41,43,55-56,64H,22-25H2,1-6H3,(H,52,59)(H,60,61)/t32-,33-,34-,35+,38-,39+,40+,41?,43?,49+,50-,51+/m0/s1. The molecule has 5 N–H and O–H groups in total. The molecule has 2 bridgehead atoms. The highest BCUT2D eigenvalue weighted by atomic mass is 16.6. The van der Waals surface area contributed by atoms with E-state index in [-0.39, 0.29) is 40.9 Å². The summed E-state index contributed by atoms with van der Waals surface area (Å²) in [5.41, 5.74) is -8.08. The number of aliphatic carboxylic acids is 1. The molecule has 3 aromatic carbocycles. The Morgan fingerprint density at radius 3 is 1.96 bits per heavy atom. The number of ether oxygens (including phenoxy) is 6. The van der Waals surface area contributed by atoms with E-state index < -0.39 is 137 Å². The summed E-state index contributed by atoms with van der Waals surface area (Å²) in [7, 11) is 0. The molecule has 12 atom stereocenters. The largest absolute Gasteiger partial charge is 0.479 e. The summed E-state index contributed by atoms with van der Waals surface area (Å²) in [6.07, 6.45) is -14.8. The van der Waals surface area contributed by atoms with Crippen LogP contribution in [-0.2, 0) is 57.2 Å². The summed E-state index contributed by atoms with van der Waals surface area (Å²) < 4.78 is 36.1. The fraction of sp³-hybridized carbons (Fsp3) is 0.451. The minimum Gasteiger partial charge on any atom is -0.479 e. The molecule has 7 rings (SSSR count). The predicted molar refractivity (Wildman–Crippen MR) is 240 cm³/mol. The molecule has 19 heteroatoms. The SMILES string of the molecule is CC(=O)O[C@H]1C(=O)[C@@]2(C)C(C(OC(=O)c3ccccc3)[C@]3(O)C[C@H](OC(=O)[C@H](OC(=O)C[C@H](O)C(=O)O)[C@@H](NC(=O)c4ccccc4)c4ccccc4)C(C)=C1C3(C)C)[C@]1(OC(C)=O)CO[C@@H]1C[C@@H]2O. The quantitative estimate of drug-likeness (QED) is 0.0881. The van der Waals surface area contributed by atoms with Gasteiger partial charge in [-0.15, -0.1) is 0 Å². The van der Waals surface area contributed by atoms with Gasteiger partial charge in [0, 0.05) is 37.7 Å². The Bertz CT molecular complexity index is 2580. The molecule has 0 spiro atoms. The van der Waals surface area contributed by atoms with Crippen LogP contribution in [0.5, 0.6) is 0 Å². The first kappa shape index (κ1) is 51.1. The van der Waals surface area contributed by atoms with Crippen LogP contribution in [0.3, 0.4) is 0 Å². The number of carbonyl (C=O) groups excluding carboxylic acids is 7. The van der Waals surface area contributed by atoms with Crippen molar-refractivity contribution >= 4 is 47.5 Å². The second kappa shape index (κ2) is 19.5. The zero-order valence-corrected chi connectivity index (χ0v) is 39.2. The zero-order valence-electron chi connectivity index (χ0n) is 39.2. The molecule has 3 aromatic rings. The molecule has 3 aliphatic carbocycles. The number of carbonyl (C=O) groups is 8. The van der Waals surface area contributed by atoms with Crippen molar-refractivity contribution in [1.29, 1.82) is 0 Å². The molecule has 0 radical (unpaired) electrons. The van der Waals surface area contributed by atoms with Crippen molar-refractivity contribution in [1.82, 2.24) is 5.32 Å². The Hall–Kier alpha value is -6.80. The lowest BCUT2D eigenvalue weighted by atomic mass is 9.44. The molecule has 372 valence electrons. The maximum atomic E-state index is 15.7. The summed E-state index contributed by atoms with van der Waals surface area (Å²) in [6, 6.07) is 21.6. The second-order valence-electron chi connectivity index (χ2n) is 18.9. The first-order valence-corrected chi connectivity index (χ1v) is 22.6. The zero-order chi connectivity index (χ0) is 51.1. The molecule has 0 aromatic heterocycles. The normalized spacial score (nSPS) is 29.9. The number of fused-ring (bicyclic) bond motifs is 5. The average Bonchev–Trinajstić information content (AvgIpc) is 3.31. The van der Waals surface area contributed by atoms with Gasteiger partial charge in [0.2, 0.25) is 6.10 Å². The Kier molecular flexibility index (Phi) is 14.3.